The van der Waals surface area contributed by atoms with Gasteiger partial charge < -0.3 is 4.74 Å². The van der Waals surface area contributed by atoms with Gasteiger partial charge in [-0.15, -0.1) is 0 Å². The molecule has 1 aromatic heterocycles. The van der Waals surface area contributed by atoms with Crippen molar-refractivity contribution in [2.24, 2.45) is 0 Å². The molecular weight excluding hydrogens is 356 g/mol. The van der Waals surface area contributed by atoms with E-state index in [9.17, 15) is 5.26 Å². The largest absolute Gasteiger partial charge is 0.480 e. The zero-order valence-electron chi connectivity index (χ0n) is 14.6. The first kappa shape index (κ1) is 17.1. The van der Waals surface area contributed by atoms with E-state index >= 15 is 0 Å². The normalized spacial score (nSPS) is 10.6. The van der Waals surface area contributed by atoms with Crippen LogP contribution in [0.25, 0.3) is 33.2 Å². The van der Waals surface area contributed by atoms with Crippen molar-refractivity contribution in [3.8, 4) is 34.3 Å². The number of methoxy groups -OCH3 is 1. The van der Waals surface area contributed by atoms with Gasteiger partial charge in [-0.1, -0.05) is 60.1 Å². The molecule has 4 aromatic rings. The van der Waals surface area contributed by atoms with E-state index in [1.165, 1.54) is 7.11 Å². The van der Waals surface area contributed by atoms with Gasteiger partial charge in [-0.2, -0.15) is 5.26 Å². The lowest BCUT2D eigenvalue weighted by atomic mass is 9.98. The second kappa shape index (κ2) is 7.11. The van der Waals surface area contributed by atoms with Crippen LogP contribution in [0.15, 0.2) is 72.8 Å². The van der Waals surface area contributed by atoms with Crippen LogP contribution in [-0.4, -0.2) is 12.1 Å². The summed E-state index contributed by atoms with van der Waals surface area (Å²) in [5.74, 6) is 0.304. The van der Waals surface area contributed by atoms with E-state index in [0.717, 1.165) is 33.2 Å². The monoisotopic (exact) mass is 370 g/mol. The van der Waals surface area contributed by atoms with Crippen molar-refractivity contribution in [2.45, 2.75) is 0 Å². The molecular formula is C23H15ClN2O. The van der Waals surface area contributed by atoms with E-state index < -0.39 is 0 Å². The van der Waals surface area contributed by atoms with Crippen LogP contribution in [0.3, 0.4) is 0 Å². The number of rotatable bonds is 3. The van der Waals surface area contributed by atoms with Crippen molar-refractivity contribution in [3.63, 3.8) is 0 Å². The third kappa shape index (κ3) is 3.23. The van der Waals surface area contributed by atoms with E-state index in [1.807, 2.05) is 42.5 Å². The summed E-state index contributed by atoms with van der Waals surface area (Å²) in [6, 6.07) is 25.9. The minimum atomic E-state index is 0.304. The first-order valence-electron chi connectivity index (χ1n) is 8.44. The minimum Gasteiger partial charge on any atom is -0.480 e. The maximum Gasteiger partial charge on any atom is 0.232 e. The van der Waals surface area contributed by atoms with Crippen molar-refractivity contribution in [1.82, 2.24) is 4.98 Å². The molecule has 0 bridgehead atoms. The number of ether oxygens (including phenoxy) is 1. The molecule has 0 spiro atoms. The fraction of sp³-hybridized carbons (Fsp3) is 0.0435. The number of pyridine rings is 1. The Morgan fingerprint density at radius 3 is 2.44 bits per heavy atom. The zero-order chi connectivity index (χ0) is 18.8. The van der Waals surface area contributed by atoms with Gasteiger partial charge in [0.1, 0.15) is 11.6 Å². The fourth-order valence-corrected chi connectivity index (χ4v) is 3.35. The molecule has 0 aliphatic carbocycles. The molecule has 4 heteroatoms. The summed E-state index contributed by atoms with van der Waals surface area (Å²) in [5.41, 5.74) is 3.69. The van der Waals surface area contributed by atoms with Crippen LogP contribution in [0.1, 0.15) is 5.56 Å². The molecule has 3 aromatic carbocycles. The van der Waals surface area contributed by atoms with Crippen LogP contribution in [0.2, 0.25) is 5.02 Å². The van der Waals surface area contributed by atoms with Crippen molar-refractivity contribution >= 4 is 22.4 Å². The Morgan fingerprint density at radius 2 is 1.70 bits per heavy atom. The Balaban J connectivity index is 1.95. The van der Waals surface area contributed by atoms with Gasteiger partial charge in [0.05, 0.1) is 12.8 Å². The highest BCUT2D eigenvalue weighted by atomic mass is 35.5. The van der Waals surface area contributed by atoms with Crippen LogP contribution < -0.4 is 4.74 Å². The van der Waals surface area contributed by atoms with Gasteiger partial charge in [0.2, 0.25) is 5.88 Å². The Labute approximate surface area is 162 Å². The Morgan fingerprint density at radius 1 is 0.889 bits per heavy atom. The Hall–Kier alpha value is -3.35. The molecule has 0 N–H and O–H groups in total. The van der Waals surface area contributed by atoms with Crippen molar-refractivity contribution < 1.29 is 4.74 Å². The lowest BCUT2D eigenvalue weighted by Crippen LogP contribution is -1.97. The van der Waals surface area contributed by atoms with Crippen molar-refractivity contribution in [2.75, 3.05) is 7.11 Å². The van der Waals surface area contributed by atoms with E-state index in [0.29, 0.717) is 16.5 Å². The Bertz CT molecular complexity index is 1190. The summed E-state index contributed by atoms with van der Waals surface area (Å²) in [5, 5.41) is 12.6. The maximum atomic E-state index is 9.66. The molecule has 0 fully saturated rings. The van der Waals surface area contributed by atoms with Gasteiger partial charge in [0, 0.05) is 16.1 Å². The predicted octanol–water partition coefficient (Wildman–Crippen LogP) is 6.10. The summed E-state index contributed by atoms with van der Waals surface area (Å²) in [6.07, 6.45) is 0. The van der Waals surface area contributed by atoms with Gasteiger partial charge in [-0.3, -0.25) is 0 Å². The molecule has 4 rings (SSSR count). The molecule has 27 heavy (non-hydrogen) atoms. The number of nitrogens with zero attached hydrogens (tertiary/aromatic N) is 2. The third-order valence-electron chi connectivity index (χ3n) is 4.47. The quantitative estimate of drug-likeness (QED) is 0.437. The molecule has 130 valence electrons. The summed E-state index contributed by atoms with van der Waals surface area (Å²) >= 11 is 6.16. The fourth-order valence-electron chi connectivity index (χ4n) is 3.16. The molecule has 0 saturated carbocycles. The van der Waals surface area contributed by atoms with Crippen LogP contribution in [0.4, 0.5) is 0 Å². The highest BCUT2D eigenvalue weighted by Crippen LogP contribution is 2.35. The molecule has 0 aliphatic rings. The highest BCUT2D eigenvalue weighted by molar-refractivity contribution is 6.30. The first-order chi connectivity index (χ1) is 13.2. The maximum absolute atomic E-state index is 9.66. The zero-order valence-corrected chi connectivity index (χ0v) is 15.4. The van der Waals surface area contributed by atoms with E-state index in [2.05, 4.69) is 35.3 Å². The van der Waals surface area contributed by atoms with Crippen molar-refractivity contribution in [3.05, 3.63) is 83.4 Å². The van der Waals surface area contributed by atoms with E-state index in [1.54, 1.807) is 6.07 Å². The number of benzene rings is 3. The molecule has 0 aliphatic heterocycles. The van der Waals surface area contributed by atoms with Gasteiger partial charge in [-0.05, 0) is 40.6 Å². The summed E-state index contributed by atoms with van der Waals surface area (Å²) in [6.45, 7) is 0. The van der Waals surface area contributed by atoms with Crippen LogP contribution in [0.5, 0.6) is 5.88 Å². The number of hydrogen-bond donors (Lipinski definition) is 0. The predicted molar refractivity (Wildman–Crippen MR) is 109 cm³/mol. The van der Waals surface area contributed by atoms with Crippen LogP contribution in [-0.2, 0) is 0 Å². The van der Waals surface area contributed by atoms with Gasteiger partial charge in [0.15, 0.2) is 0 Å². The second-order valence-electron chi connectivity index (χ2n) is 6.12. The average Bonchev–Trinajstić information content (AvgIpc) is 2.72. The van der Waals surface area contributed by atoms with Crippen LogP contribution in [0, 0.1) is 11.3 Å². The van der Waals surface area contributed by atoms with Gasteiger partial charge >= 0.3 is 0 Å². The summed E-state index contributed by atoms with van der Waals surface area (Å²) < 4.78 is 5.41. The lowest BCUT2D eigenvalue weighted by molar-refractivity contribution is 0.397. The van der Waals surface area contributed by atoms with Gasteiger partial charge in [0.25, 0.3) is 0 Å². The van der Waals surface area contributed by atoms with Gasteiger partial charge in [-0.25, -0.2) is 4.98 Å². The minimum absolute atomic E-state index is 0.304. The average molecular weight is 371 g/mol. The number of hydrogen-bond acceptors (Lipinski definition) is 3. The molecule has 0 unspecified atom stereocenters. The summed E-state index contributed by atoms with van der Waals surface area (Å²) in [7, 11) is 1.52. The standard InChI is InChI=1S/C23H15ClN2O/c1-27-23-21(14-25)20(17-7-4-8-19(24)12-17)13-22(26-23)18-10-9-15-5-2-3-6-16(15)11-18/h2-13H,1H3. The summed E-state index contributed by atoms with van der Waals surface area (Å²) in [4.78, 5) is 4.57. The number of halogens is 1. The first-order valence-corrected chi connectivity index (χ1v) is 8.81. The molecule has 0 atom stereocenters. The highest BCUT2D eigenvalue weighted by Gasteiger charge is 2.16. The topological polar surface area (TPSA) is 45.9 Å². The lowest BCUT2D eigenvalue weighted by Gasteiger charge is -2.12. The number of aromatic nitrogens is 1. The second-order valence-corrected chi connectivity index (χ2v) is 6.56. The molecule has 0 radical (unpaired) electrons. The van der Waals surface area contributed by atoms with Crippen molar-refractivity contribution in [1.29, 1.82) is 5.26 Å². The SMILES string of the molecule is COc1nc(-c2ccc3ccccc3c2)cc(-c2cccc(Cl)c2)c1C#N. The van der Waals surface area contributed by atoms with E-state index in [-0.39, 0.29) is 0 Å². The number of nitriles is 1. The molecule has 3 nitrogen and oxygen atoms in total. The van der Waals surface area contributed by atoms with E-state index in [4.69, 9.17) is 16.3 Å². The smallest absolute Gasteiger partial charge is 0.232 e. The van der Waals surface area contributed by atoms with Crippen LogP contribution >= 0.6 is 11.6 Å². The molecule has 0 amide bonds. The molecule has 1 heterocycles. The number of fused-ring (bicyclic) bond motifs is 1. The molecule has 0 saturated heterocycles. The third-order valence-corrected chi connectivity index (χ3v) is 4.71. The Kier molecular flexibility index (Phi) is 4.50.